The second-order valence-electron chi connectivity index (χ2n) is 4.60. The fourth-order valence-electron chi connectivity index (χ4n) is 2.04. The van der Waals surface area contributed by atoms with Gasteiger partial charge < -0.3 is 10.2 Å². The molecule has 7 heteroatoms. The fourth-order valence-corrected chi connectivity index (χ4v) is 2.04. The Hall–Kier alpha value is -0.820. The van der Waals surface area contributed by atoms with Crippen molar-refractivity contribution in [1.29, 1.82) is 0 Å². The highest BCUT2D eigenvalue weighted by Gasteiger charge is 2.29. The van der Waals surface area contributed by atoms with Crippen molar-refractivity contribution >= 4 is 5.91 Å². The summed E-state index contributed by atoms with van der Waals surface area (Å²) in [5, 5.41) is 2.14. The number of carbonyl (C=O) groups excluding carboxylic acids is 1. The molecule has 0 aliphatic carbocycles. The van der Waals surface area contributed by atoms with Crippen LogP contribution in [0.1, 0.15) is 13.3 Å². The quantitative estimate of drug-likeness (QED) is 0.814. The van der Waals surface area contributed by atoms with Crippen LogP contribution >= 0.6 is 0 Å². The maximum atomic E-state index is 11.9. The van der Waals surface area contributed by atoms with Crippen LogP contribution in [0.5, 0.6) is 0 Å². The first-order valence-corrected chi connectivity index (χ1v) is 6.09. The third-order valence-corrected chi connectivity index (χ3v) is 3.20. The zero-order valence-corrected chi connectivity index (χ0v) is 10.8. The van der Waals surface area contributed by atoms with Crippen molar-refractivity contribution < 1.29 is 18.0 Å². The summed E-state index contributed by atoms with van der Waals surface area (Å²) in [6.07, 6.45) is -3.34. The second kappa shape index (κ2) is 6.38. The molecule has 0 spiro atoms. The summed E-state index contributed by atoms with van der Waals surface area (Å²) in [7, 11) is 2.00. The number of halogens is 3. The van der Waals surface area contributed by atoms with Crippen molar-refractivity contribution in [2.75, 3.05) is 39.8 Å². The highest BCUT2D eigenvalue weighted by molar-refractivity contribution is 5.78. The Balaban J connectivity index is 2.34. The summed E-state index contributed by atoms with van der Waals surface area (Å²) in [4.78, 5) is 15.5. The van der Waals surface area contributed by atoms with Gasteiger partial charge in [0.25, 0.3) is 0 Å². The number of amides is 1. The molecule has 1 aliphatic rings. The van der Waals surface area contributed by atoms with E-state index in [1.54, 1.807) is 4.90 Å². The smallest absolute Gasteiger partial charge is 0.339 e. The first-order chi connectivity index (χ1) is 8.33. The molecule has 1 fully saturated rings. The van der Waals surface area contributed by atoms with E-state index in [4.69, 9.17) is 0 Å². The molecule has 0 aromatic heterocycles. The molecule has 106 valence electrons. The number of likely N-dealkylation sites (N-methyl/N-ethyl adjacent to an activating group) is 1. The molecule has 1 rings (SSSR count). The first kappa shape index (κ1) is 15.2. The van der Waals surface area contributed by atoms with Gasteiger partial charge in [-0.05, 0) is 13.5 Å². The van der Waals surface area contributed by atoms with Crippen molar-refractivity contribution in [3.8, 4) is 0 Å². The van der Waals surface area contributed by atoms with Gasteiger partial charge in [-0.1, -0.05) is 6.92 Å². The minimum absolute atomic E-state index is 0.250. The van der Waals surface area contributed by atoms with Crippen LogP contribution in [0.15, 0.2) is 0 Å². The zero-order valence-electron chi connectivity index (χ0n) is 10.8. The summed E-state index contributed by atoms with van der Waals surface area (Å²) in [6.45, 7) is 2.61. The van der Waals surface area contributed by atoms with Gasteiger partial charge in [0, 0.05) is 25.7 Å². The molecular weight excluding hydrogens is 247 g/mol. The number of nitrogens with zero attached hydrogens (tertiary/aromatic N) is 2. The van der Waals surface area contributed by atoms with Crippen LogP contribution in [0.2, 0.25) is 0 Å². The first-order valence-electron chi connectivity index (χ1n) is 6.09. The topological polar surface area (TPSA) is 35.6 Å². The van der Waals surface area contributed by atoms with Crippen LogP contribution in [0.25, 0.3) is 0 Å². The van der Waals surface area contributed by atoms with E-state index >= 15 is 0 Å². The van der Waals surface area contributed by atoms with E-state index in [9.17, 15) is 18.0 Å². The van der Waals surface area contributed by atoms with Crippen LogP contribution in [0, 0.1) is 0 Å². The van der Waals surface area contributed by atoms with Crippen molar-refractivity contribution in [3.63, 3.8) is 0 Å². The molecule has 0 radical (unpaired) electrons. The zero-order chi connectivity index (χ0) is 13.8. The lowest BCUT2D eigenvalue weighted by molar-refractivity contribution is -0.136. The van der Waals surface area contributed by atoms with Crippen LogP contribution in [0.3, 0.4) is 0 Å². The lowest BCUT2D eigenvalue weighted by Gasteiger charge is -2.39. The van der Waals surface area contributed by atoms with E-state index in [-0.39, 0.29) is 12.5 Å². The largest absolute Gasteiger partial charge is 0.401 e. The molecule has 0 saturated carbocycles. The Kier molecular flexibility index (Phi) is 5.40. The molecular formula is C11H20F3N3O. The fraction of sp³-hybridized carbons (Fsp3) is 0.909. The number of hydrogen-bond donors (Lipinski definition) is 1. The molecule has 1 N–H and O–H groups in total. The highest BCUT2D eigenvalue weighted by Crippen LogP contribution is 2.13. The van der Waals surface area contributed by atoms with Gasteiger partial charge in [0.15, 0.2) is 0 Å². The maximum Gasteiger partial charge on any atom is 0.401 e. The average Bonchev–Trinajstić information content (AvgIpc) is 2.27. The molecule has 1 aliphatic heterocycles. The number of alkyl halides is 3. The third-order valence-electron chi connectivity index (χ3n) is 3.20. The summed E-state index contributed by atoms with van der Waals surface area (Å²) in [6, 6.07) is 0.297. The van der Waals surface area contributed by atoms with E-state index in [0.29, 0.717) is 19.1 Å². The van der Waals surface area contributed by atoms with Crippen molar-refractivity contribution in [1.82, 2.24) is 15.1 Å². The lowest BCUT2D eigenvalue weighted by Crippen LogP contribution is -2.54. The summed E-state index contributed by atoms with van der Waals surface area (Å²) >= 11 is 0. The monoisotopic (exact) mass is 267 g/mol. The Morgan fingerprint density at radius 2 is 2.06 bits per heavy atom. The SMILES string of the molecule is CCC1CN(C(=O)CNCC(F)(F)F)CCN1C. The van der Waals surface area contributed by atoms with Gasteiger partial charge in [0.05, 0.1) is 13.1 Å². The third kappa shape index (κ3) is 4.81. The molecule has 0 aromatic carbocycles. The van der Waals surface area contributed by atoms with Crippen molar-refractivity contribution in [2.45, 2.75) is 25.6 Å². The van der Waals surface area contributed by atoms with Gasteiger partial charge >= 0.3 is 6.18 Å². The number of rotatable bonds is 4. The Morgan fingerprint density at radius 3 is 2.61 bits per heavy atom. The standard InChI is InChI=1S/C11H20F3N3O/c1-3-9-7-17(5-4-16(9)2)10(18)6-15-8-11(12,13)14/h9,15H,3-8H2,1-2H3. The Morgan fingerprint density at radius 1 is 1.39 bits per heavy atom. The van der Waals surface area contributed by atoms with E-state index < -0.39 is 12.7 Å². The van der Waals surface area contributed by atoms with Gasteiger partial charge in [-0.2, -0.15) is 13.2 Å². The van der Waals surface area contributed by atoms with Gasteiger partial charge in [0.1, 0.15) is 0 Å². The molecule has 0 aromatic rings. The molecule has 1 unspecified atom stereocenters. The molecule has 1 atom stereocenters. The van der Waals surface area contributed by atoms with Crippen LogP contribution < -0.4 is 5.32 Å². The van der Waals surface area contributed by atoms with E-state index in [1.165, 1.54) is 0 Å². The summed E-state index contributed by atoms with van der Waals surface area (Å²) in [5.74, 6) is -0.259. The van der Waals surface area contributed by atoms with Crippen LogP contribution in [-0.2, 0) is 4.79 Å². The summed E-state index contributed by atoms with van der Waals surface area (Å²) in [5.41, 5.74) is 0. The van der Waals surface area contributed by atoms with E-state index in [0.717, 1.165) is 13.0 Å². The summed E-state index contributed by atoms with van der Waals surface area (Å²) < 4.78 is 35.8. The number of nitrogens with one attached hydrogen (secondary N) is 1. The van der Waals surface area contributed by atoms with Crippen LogP contribution in [-0.4, -0.2) is 67.7 Å². The van der Waals surface area contributed by atoms with Crippen molar-refractivity contribution in [3.05, 3.63) is 0 Å². The molecule has 18 heavy (non-hydrogen) atoms. The van der Waals surface area contributed by atoms with Crippen molar-refractivity contribution in [2.24, 2.45) is 0 Å². The predicted octanol–water partition coefficient (Wildman–Crippen LogP) is 0.691. The molecule has 1 heterocycles. The van der Waals surface area contributed by atoms with E-state index in [1.807, 2.05) is 14.0 Å². The Labute approximate surface area is 105 Å². The predicted molar refractivity (Wildman–Crippen MR) is 62.2 cm³/mol. The minimum atomic E-state index is -4.27. The molecule has 0 bridgehead atoms. The average molecular weight is 267 g/mol. The van der Waals surface area contributed by atoms with Gasteiger partial charge in [-0.25, -0.2) is 0 Å². The normalized spacial score (nSPS) is 22.3. The van der Waals surface area contributed by atoms with Crippen LogP contribution in [0.4, 0.5) is 13.2 Å². The molecule has 1 saturated heterocycles. The van der Waals surface area contributed by atoms with Gasteiger partial charge in [-0.3, -0.25) is 9.69 Å². The van der Waals surface area contributed by atoms with E-state index in [2.05, 4.69) is 10.2 Å². The number of piperazine rings is 1. The number of carbonyl (C=O) groups is 1. The lowest BCUT2D eigenvalue weighted by atomic mass is 10.1. The number of hydrogen-bond acceptors (Lipinski definition) is 3. The molecule has 1 amide bonds. The van der Waals surface area contributed by atoms with Gasteiger partial charge in [0.2, 0.25) is 5.91 Å². The van der Waals surface area contributed by atoms with Gasteiger partial charge in [-0.15, -0.1) is 0 Å². The Bertz CT molecular complexity index is 283. The maximum absolute atomic E-state index is 11.9. The highest BCUT2D eigenvalue weighted by atomic mass is 19.4. The second-order valence-corrected chi connectivity index (χ2v) is 4.60. The molecule has 4 nitrogen and oxygen atoms in total. The minimum Gasteiger partial charge on any atom is -0.339 e.